The van der Waals surface area contributed by atoms with Crippen LogP contribution >= 0.6 is 0 Å². The van der Waals surface area contributed by atoms with Crippen molar-refractivity contribution in [1.29, 1.82) is 0 Å². The number of hydrogen-bond acceptors (Lipinski definition) is 2. The Morgan fingerprint density at radius 3 is 2.72 bits per heavy atom. The molecule has 0 saturated heterocycles. The molecule has 2 bridgehead atoms. The molecule has 5 atom stereocenters. The third-order valence-corrected chi connectivity index (χ3v) is 5.25. The first-order valence-electron chi connectivity index (χ1n) is 7.39. The van der Waals surface area contributed by atoms with Gasteiger partial charge in [-0.3, -0.25) is 4.68 Å². The molecule has 100 valence electrons. The lowest BCUT2D eigenvalue weighted by molar-refractivity contribution is 0.246. The zero-order chi connectivity index (χ0) is 12.7. The van der Waals surface area contributed by atoms with Crippen LogP contribution in [0.1, 0.15) is 51.3 Å². The van der Waals surface area contributed by atoms with E-state index >= 15 is 0 Å². The summed E-state index contributed by atoms with van der Waals surface area (Å²) in [6, 6.07) is 3.14. The van der Waals surface area contributed by atoms with Crippen LogP contribution in [-0.4, -0.2) is 15.8 Å². The highest BCUT2D eigenvalue weighted by Crippen LogP contribution is 2.49. The third kappa shape index (κ3) is 2.09. The zero-order valence-corrected chi connectivity index (χ0v) is 11.8. The number of fused-ring (bicyclic) bond motifs is 2. The van der Waals surface area contributed by atoms with Gasteiger partial charge in [-0.15, -0.1) is 0 Å². The first-order valence-corrected chi connectivity index (χ1v) is 7.39. The summed E-state index contributed by atoms with van der Waals surface area (Å²) in [6.45, 7) is 4.62. The molecule has 3 nitrogen and oxygen atoms in total. The van der Waals surface area contributed by atoms with Gasteiger partial charge in [0, 0.05) is 25.3 Å². The molecule has 2 saturated carbocycles. The Kier molecular flexibility index (Phi) is 3.18. The van der Waals surface area contributed by atoms with Gasteiger partial charge in [0.05, 0.1) is 5.69 Å². The van der Waals surface area contributed by atoms with E-state index in [1.165, 1.54) is 31.4 Å². The number of nitrogens with zero attached hydrogens (tertiary/aromatic N) is 2. The molecule has 5 unspecified atom stereocenters. The number of rotatable bonds is 4. The van der Waals surface area contributed by atoms with Crippen molar-refractivity contribution in [2.45, 2.75) is 51.6 Å². The number of hydrogen-bond donors (Lipinski definition) is 1. The minimum absolute atomic E-state index is 0.395. The van der Waals surface area contributed by atoms with Crippen LogP contribution in [0.4, 0.5) is 0 Å². The standard InChI is InChI=1S/C15H25N3/c1-10(14-9-12-4-5-13(14)8-12)17-11(2)15-6-7-16-18(15)3/h6-7,10-14,17H,4-5,8-9H2,1-3H3. The molecule has 1 N–H and O–H groups in total. The van der Waals surface area contributed by atoms with E-state index in [0.717, 1.165) is 17.8 Å². The van der Waals surface area contributed by atoms with E-state index in [-0.39, 0.29) is 0 Å². The summed E-state index contributed by atoms with van der Waals surface area (Å²) in [7, 11) is 2.02. The second-order valence-electron chi connectivity index (χ2n) is 6.40. The molecule has 18 heavy (non-hydrogen) atoms. The van der Waals surface area contributed by atoms with Gasteiger partial charge in [-0.05, 0) is 56.9 Å². The predicted octanol–water partition coefficient (Wildman–Crippen LogP) is 2.90. The molecule has 1 aromatic heterocycles. The Hall–Kier alpha value is -0.830. The Morgan fingerprint density at radius 2 is 2.17 bits per heavy atom. The molecule has 3 heteroatoms. The van der Waals surface area contributed by atoms with Crippen molar-refractivity contribution in [3.63, 3.8) is 0 Å². The molecule has 0 aliphatic heterocycles. The van der Waals surface area contributed by atoms with Gasteiger partial charge in [-0.25, -0.2) is 0 Å². The molecule has 0 radical (unpaired) electrons. The maximum absolute atomic E-state index is 4.26. The number of aromatic nitrogens is 2. The maximum atomic E-state index is 4.26. The second kappa shape index (κ2) is 4.69. The fourth-order valence-electron chi connectivity index (χ4n) is 4.32. The minimum atomic E-state index is 0.395. The van der Waals surface area contributed by atoms with E-state index in [1.54, 1.807) is 0 Å². The SMILES string of the molecule is CC(NC(C)C1CC2CCC1C2)c1ccnn1C. The summed E-state index contributed by atoms with van der Waals surface area (Å²) in [5.74, 6) is 2.94. The van der Waals surface area contributed by atoms with E-state index < -0.39 is 0 Å². The summed E-state index contributed by atoms with van der Waals surface area (Å²) < 4.78 is 1.98. The molecule has 3 rings (SSSR count). The molecule has 0 spiro atoms. The van der Waals surface area contributed by atoms with Gasteiger partial charge < -0.3 is 5.32 Å². The molecule has 1 heterocycles. The largest absolute Gasteiger partial charge is 0.306 e. The quantitative estimate of drug-likeness (QED) is 0.886. The molecule has 2 aliphatic carbocycles. The third-order valence-electron chi connectivity index (χ3n) is 5.25. The first-order chi connectivity index (χ1) is 8.65. The van der Waals surface area contributed by atoms with E-state index in [0.29, 0.717) is 12.1 Å². The lowest BCUT2D eigenvalue weighted by Crippen LogP contribution is -2.38. The lowest BCUT2D eigenvalue weighted by atomic mass is 9.83. The fourth-order valence-corrected chi connectivity index (χ4v) is 4.32. The minimum Gasteiger partial charge on any atom is -0.306 e. The summed E-state index contributed by atoms with van der Waals surface area (Å²) in [4.78, 5) is 0. The summed E-state index contributed by atoms with van der Waals surface area (Å²) in [5.41, 5.74) is 1.28. The number of aryl methyl sites for hydroxylation is 1. The van der Waals surface area contributed by atoms with Crippen LogP contribution in [0.3, 0.4) is 0 Å². The van der Waals surface area contributed by atoms with Gasteiger partial charge in [0.1, 0.15) is 0 Å². The van der Waals surface area contributed by atoms with Gasteiger partial charge in [0.15, 0.2) is 0 Å². The maximum Gasteiger partial charge on any atom is 0.0547 e. The van der Waals surface area contributed by atoms with Gasteiger partial charge in [0.2, 0.25) is 0 Å². The monoisotopic (exact) mass is 247 g/mol. The molecule has 2 aliphatic rings. The fraction of sp³-hybridized carbons (Fsp3) is 0.800. The molecular formula is C15H25N3. The van der Waals surface area contributed by atoms with E-state index in [4.69, 9.17) is 0 Å². The van der Waals surface area contributed by atoms with Crippen molar-refractivity contribution in [2.24, 2.45) is 24.8 Å². The smallest absolute Gasteiger partial charge is 0.0547 e. The van der Waals surface area contributed by atoms with Crippen LogP contribution in [0.2, 0.25) is 0 Å². The van der Waals surface area contributed by atoms with Gasteiger partial charge in [0.25, 0.3) is 0 Å². The highest BCUT2D eigenvalue weighted by atomic mass is 15.3. The Morgan fingerprint density at radius 1 is 1.33 bits per heavy atom. The highest BCUT2D eigenvalue weighted by Gasteiger charge is 2.41. The summed E-state index contributed by atoms with van der Waals surface area (Å²) in [6.07, 6.45) is 7.80. The van der Waals surface area contributed by atoms with E-state index in [1.807, 2.05) is 17.9 Å². The van der Waals surface area contributed by atoms with E-state index in [9.17, 15) is 0 Å². The van der Waals surface area contributed by atoms with Crippen LogP contribution in [0.5, 0.6) is 0 Å². The van der Waals surface area contributed by atoms with Crippen LogP contribution in [0.25, 0.3) is 0 Å². The van der Waals surface area contributed by atoms with Gasteiger partial charge in [-0.1, -0.05) is 6.42 Å². The lowest BCUT2D eigenvalue weighted by Gasteiger charge is -2.31. The highest BCUT2D eigenvalue weighted by molar-refractivity contribution is 5.06. The Bertz CT molecular complexity index is 412. The summed E-state index contributed by atoms with van der Waals surface area (Å²) in [5, 5.41) is 8.05. The van der Waals surface area contributed by atoms with Crippen molar-refractivity contribution in [2.75, 3.05) is 0 Å². The normalized spacial score (nSPS) is 33.8. The zero-order valence-electron chi connectivity index (χ0n) is 11.8. The Labute approximate surface area is 110 Å². The van der Waals surface area contributed by atoms with Gasteiger partial charge in [-0.2, -0.15) is 5.10 Å². The van der Waals surface area contributed by atoms with Crippen molar-refractivity contribution < 1.29 is 0 Å². The van der Waals surface area contributed by atoms with Crippen LogP contribution in [0.15, 0.2) is 12.3 Å². The van der Waals surface area contributed by atoms with Crippen LogP contribution in [-0.2, 0) is 7.05 Å². The van der Waals surface area contributed by atoms with Crippen molar-refractivity contribution in [3.8, 4) is 0 Å². The molecule has 0 amide bonds. The van der Waals surface area contributed by atoms with Crippen molar-refractivity contribution >= 4 is 0 Å². The first kappa shape index (κ1) is 12.2. The van der Waals surface area contributed by atoms with Gasteiger partial charge >= 0.3 is 0 Å². The van der Waals surface area contributed by atoms with Crippen molar-refractivity contribution in [3.05, 3.63) is 18.0 Å². The molecule has 2 fully saturated rings. The van der Waals surface area contributed by atoms with Crippen LogP contribution < -0.4 is 5.32 Å². The molecule has 0 aromatic carbocycles. The predicted molar refractivity (Wildman–Crippen MR) is 73.2 cm³/mol. The molecular weight excluding hydrogens is 222 g/mol. The summed E-state index contributed by atoms with van der Waals surface area (Å²) >= 11 is 0. The number of nitrogens with one attached hydrogen (secondary N) is 1. The Balaban J connectivity index is 1.61. The topological polar surface area (TPSA) is 29.9 Å². The average Bonchev–Trinajstić information content (AvgIpc) is 3.03. The van der Waals surface area contributed by atoms with Crippen molar-refractivity contribution in [1.82, 2.24) is 15.1 Å². The van der Waals surface area contributed by atoms with Crippen LogP contribution in [0, 0.1) is 17.8 Å². The molecule has 1 aromatic rings. The average molecular weight is 247 g/mol. The van der Waals surface area contributed by atoms with E-state index in [2.05, 4.69) is 30.3 Å². The second-order valence-corrected chi connectivity index (χ2v) is 6.40.